The molecule has 1 saturated heterocycles. The molecule has 3 rings (SSSR count). The molecule has 1 N–H and O–H groups in total. The lowest BCUT2D eigenvalue weighted by molar-refractivity contribution is -0.128. The first-order chi connectivity index (χ1) is 11.6. The Bertz CT molecular complexity index is 813. The van der Waals surface area contributed by atoms with Crippen LogP contribution < -0.4 is 10.2 Å². The van der Waals surface area contributed by atoms with Crippen molar-refractivity contribution in [3.05, 3.63) is 34.9 Å². The van der Waals surface area contributed by atoms with Gasteiger partial charge in [-0.1, -0.05) is 13.0 Å². The molecule has 2 amide bonds. The van der Waals surface area contributed by atoms with E-state index in [2.05, 4.69) is 50.2 Å². The number of nitrogens with one attached hydrogen (secondary N) is 1. The predicted molar refractivity (Wildman–Crippen MR) is 103 cm³/mol. The molecule has 2 aliphatic rings. The van der Waals surface area contributed by atoms with Crippen LogP contribution in [0.2, 0.25) is 0 Å². The second-order valence-electron chi connectivity index (χ2n) is 7.48. The number of nitrogens with zero attached hydrogens (tertiary/aromatic N) is 2. The molecule has 132 valence electrons. The number of hydrogen-bond acceptors (Lipinski definition) is 4. The van der Waals surface area contributed by atoms with E-state index in [9.17, 15) is 9.59 Å². The second-order valence-corrected chi connectivity index (χ2v) is 7.86. The number of rotatable bonds is 1. The van der Waals surface area contributed by atoms with Crippen LogP contribution in [-0.4, -0.2) is 41.5 Å². The van der Waals surface area contributed by atoms with Crippen molar-refractivity contribution in [1.29, 1.82) is 0 Å². The van der Waals surface area contributed by atoms with E-state index in [0.717, 1.165) is 12.0 Å². The van der Waals surface area contributed by atoms with Gasteiger partial charge in [0.15, 0.2) is 5.11 Å². The lowest BCUT2D eigenvalue weighted by Gasteiger charge is -2.45. The smallest absolute Gasteiger partial charge is 0.265 e. The number of anilines is 1. The number of thiocarbonyl (C=S) groups is 1. The van der Waals surface area contributed by atoms with Gasteiger partial charge in [0.05, 0.1) is 0 Å². The Kier molecular flexibility index (Phi) is 4.19. The zero-order valence-electron chi connectivity index (χ0n) is 15.2. The van der Waals surface area contributed by atoms with Crippen LogP contribution >= 0.6 is 12.2 Å². The van der Waals surface area contributed by atoms with Crippen molar-refractivity contribution in [3.8, 4) is 0 Å². The third-order valence-corrected chi connectivity index (χ3v) is 5.65. The fourth-order valence-corrected chi connectivity index (χ4v) is 3.77. The van der Waals surface area contributed by atoms with Gasteiger partial charge in [0, 0.05) is 25.3 Å². The molecule has 0 aromatic heterocycles. The van der Waals surface area contributed by atoms with Gasteiger partial charge in [-0.2, -0.15) is 0 Å². The fraction of sp³-hybridized carbons (Fsp3) is 0.421. The zero-order valence-corrected chi connectivity index (χ0v) is 16.0. The second kappa shape index (κ2) is 5.95. The molecule has 0 spiro atoms. The van der Waals surface area contributed by atoms with Gasteiger partial charge in [-0.15, -0.1) is 0 Å². The van der Waals surface area contributed by atoms with Crippen LogP contribution in [0.4, 0.5) is 5.69 Å². The van der Waals surface area contributed by atoms with Crippen LogP contribution in [0.5, 0.6) is 0 Å². The number of amides is 2. The average Bonchev–Trinajstić information content (AvgIpc) is 2.54. The summed E-state index contributed by atoms with van der Waals surface area (Å²) in [4.78, 5) is 28.0. The lowest BCUT2D eigenvalue weighted by Crippen LogP contribution is -2.52. The Hall–Kier alpha value is -2.21. The normalized spacial score (nSPS) is 24.4. The molecule has 0 saturated carbocycles. The molecule has 0 bridgehead atoms. The predicted octanol–water partition coefficient (Wildman–Crippen LogP) is 2.67. The molecule has 0 unspecified atom stereocenters. The van der Waals surface area contributed by atoms with E-state index in [0.29, 0.717) is 5.92 Å². The molecular weight excluding hydrogens is 334 g/mol. The van der Waals surface area contributed by atoms with Gasteiger partial charge in [-0.25, -0.2) is 0 Å². The van der Waals surface area contributed by atoms with E-state index in [4.69, 9.17) is 12.2 Å². The minimum atomic E-state index is -0.447. The van der Waals surface area contributed by atoms with Gasteiger partial charge in [0.2, 0.25) is 0 Å². The maximum atomic E-state index is 12.3. The Morgan fingerprint density at radius 1 is 1.28 bits per heavy atom. The summed E-state index contributed by atoms with van der Waals surface area (Å²) in [6.07, 6.45) is 2.69. The van der Waals surface area contributed by atoms with Crippen LogP contribution in [0.25, 0.3) is 6.08 Å². The van der Waals surface area contributed by atoms with Crippen molar-refractivity contribution in [2.45, 2.75) is 38.6 Å². The molecule has 1 aromatic carbocycles. The number of fused-ring (bicyclic) bond motifs is 1. The summed E-state index contributed by atoms with van der Waals surface area (Å²) in [5, 5.41) is 2.67. The molecule has 2 aliphatic heterocycles. The van der Waals surface area contributed by atoms with E-state index in [1.165, 1.54) is 16.2 Å². The molecule has 1 aromatic rings. The topological polar surface area (TPSA) is 52.7 Å². The minimum Gasteiger partial charge on any atom is -0.369 e. The summed E-state index contributed by atoms with van der Waals surface area (Å²) in [5.74, 6) is -0.416. The highest BCUT2D eigenvalue weighted by molar-refractivity contribution is 7.80. The van der Waals surface area contributed by atoms with E-state index in [1.54, 1.807) is 13.1 Å². The summed E-state index contributed by atoms with van der Waals surface area (Å²) in [6, 6.07) is 6.09. The van der Waals surface area contributed by atoms with Gasteiger partial charge in [0.25, 0.3) is 11.8 Å². The summed E-state index contributed by atoms with van der Waals surface area (Å²) < 4.78 is 0. The van der Waals surface area contributed by atoms with Crippen LogP contribution in [0, 0.1) is 0 Å². The molecule has 2 heterocycles. The van der Waals surface area contributed by atoms with Gasteiger partial charge in [-0.3, -0.25) is 19.8 Å². The third-order valence-electron chi connectivity index (χ3n) is 5.27. The number of hydrogen-bond donors (Lipinski definition) is 1. The average molecular weight is 357 g/mol. The summed E-state index contributed by atoms with van der Waals surface area (Å²) in [5.41, 5.74) is 3.49. The highest BCUT2D eigenvalue weighted by Gasteiger charge is 2.34. The molecule has 6 heteroatoms. The number of benzene rings is 1. The number of carbonyl (C=O) groups excluding carboxylic acids is 2. The van der Waals surface area contributed by atoms with Crippen molar-refractivity contribution < 1.29 is 9.59 Å². The maximum Gasteiger partial charge on any atom is 0.265 e. The van der Waals surface area contributed by atoms with E-state index in [1.807, 2.05) is 6.07 Å². The Morgan fingerprint density at radius 3 is 2.64 bits per heavy atom. The van der Waals surface area contributed by atoms with Crippen LogP contribution in [-0.2, 0) is 9.59 Å². The van der Waals surface area contributed by atoms with E-state index < -0.39 is 5.91 Å². The highest BCUT2D eigenvalue weighted by atomic mass is 32.1. The Labute approximate surface area is 153 Å². The SMILES string of the molecule is C[C@@H]1CC(C)(C)N(C)c2ccc(/C=C3\C(=O)NC(=S)N(C)C3=O)cc21. The first-order valence-corrected chi connectivity index (χ1v) is 8.75. The van der Waals surface area contributed by atoms with E-state index >= 15 is 0 Å². The molecule has 5 nitrogen and oxygen atoms in total. The van der Waals surface area contributed by atoms with Crippen LogP contribution in [0.1, 0.15) is 44.2 Å². The molecule has 1 atom stereocenters. The molecule has 0 aliphatic carbocycles. The maximum absolute atomic E-state index is 12.3. The van der Waals surface area contributed by atoms with Gasteiger partial charge < -0.3 is 4.90 Å². The summed E-state index contributed by atoms with van der Waals surface area (Å²) in [7, 11) is 3.67. The third kappa shape index (κ3) is 2.95. The summed E-state index contributed by atoms with van der Waals surface area (Å²) in [6.45, 7) is 6.70. The fourth-order valence-electron chi connectivity index (χ4n) is 3.60. The van der Waals surface area contributed by atoms with Crippen molar-refractivity contribution >= 4 is 40.9 Å². The van der Waals surface area contributed by atoms with Gasteiger partial charge in [-0.05, 0) is 67.7 Å². The quantitative estimate of drug-likeness (QED) is 0.477. The van der Waals surface area contributed by atoms with Crippen LogP contribution in [0.3, 0.4) is 0 Å². The van der Waals surface area contributed by atoms with Crippen molar-refractivity contribution in [3.63, 3.8) is 0 Å². The molecule has 25 heavy (non-hydrogen) atoms. The largest absolute Gasteiger partial charge is 0.369 e. The Morgan fingerprint density at radius 2 is 1.96 bits per heavy atom. The Balaban J connectivity index is 2.01. The minimum absolute atomic E-state index is 0.101. The number of carbonyl (C=O) groups is 2. The number of likely N-dealkylation sites (N-methyl/N-ethyl adjacent to an activating group) is 1. The van der Waals surface area contributed by atoms with Crippen molar-refractivity contribution in [2.75, 3.05) is 19.0 Å². The molecular formula is C19H23N3O2S. The molecule has 0 radical (unpaired) electrons. The summed E-state index contributed by atoms with van der Waals surface area (Å²) >= 11 is 4.97. The zero-order chi connectivity index (χ0) is 18.5. The van der Waals surface area contributed by atoms with E-state index in [-0.39, 0.29) is 22.1 Å². The van der Waals surface area contributed by atoms with Crippen molar-refractivity contribution in [2.24, 2.45) is 0 Å². The lowest BCUT2D eigenvalue weighted by atomic mass is 9.80. The molecule has 1 fully saturated rings. The van der Waals surface area contributed by atoms with Crippen LogP contribution in [0.15, 0.2) is 23.8 Å². The van der Waals surface area contributed by atoms with Gasteiger partial charge >= 0.3 is 0 Å². The first-order valence-electron chi connectivity index (χ1n) is 8.34. The first kappa shape index (κ1) is 17.6. The van der Waals surface area contributed by atoms with Gasteiger partial charge in [0.1, 0.15) is 5.57 Å². The highest BCUT2D eigenvalue weighted by Crippen LogP contribution is 2.42. The standard InChI is InChI=1S/C19H23N3O2S/c1-11-10-19(2,3)22(5)15-7-6-12(8-13(11)15)9-14-16(23)20-18(25)21(4)17(14)24/h6-9,11H,10H2,1-5H3,(H,20,23,25)/b14-9+/t11-/m1/s1. The van der Waals surface area contributed by atoms with Crippen molar-refractivity contribution in [1.82, 2.24) is 10.2 Å². The monoisotopic (exact) mass is 357 g/mol.